The molecule has 0 saturated carbocycles. The fraction of sp³-hybridized carbons (Fsp3) is 0.857. The Bertz CT molecular complexity index is 160. The predicted molar refractivity (Wildman–Crippen MR) is 39.2 cm³/mol. The van der Waals surface area contributed by atoms with E-state index in [0.717, 1.165) is 0 Å². The van der Waals surface area contributed by atoms with Crippen LogP contribution in [0.5, 0.6) is 0 Å². The van der Waals surface area contributed by atoms with E-state index in [0.29, 0.717) is 13.0 Å². The number of hydrogen-bond donors (Lipinski definition) is 1. The van der Waals surface area contributed by atoms with Gasteiger partial charge in [-0.3, -0.25) is 9.69 Å². The summed E-state index contributed by atoms with van der Waals surface area (Å²) in [6.07, 6.45) is 0.582. The number of methoxy groups -OCH3 is 1. The van der Waals surface area contributed by atoms with Crippen LogP contribution in [0.3, 0.4) is 0 Å². The highest BCUT2D eigenvalue weighted by Crippen LogP contribution is 2.21. The minimum absolute atomic E-state index is 0.0175. The Morgan fingerprint density at radius 2 is 2.36 bits per heavy atom. The Morgan fingerprint density at radius 1 is 1.73 bits per heavy atom. The molecule has 1 fully saturated rings. The quantitative estimate of drug-likeness (QED) is 0.616. The van der Waals surface area contributed by atoms with Crippen LogP contribution in [0, 0.1) is 5.92 Å². The van der Waals surface area contributed by atoms with E-state index in [-0.39, 0.29) is 12.1 Å². The Kier molecular flexibility index (Phi) is 2.46. The lowest BCUT2D eigenvalue weighted by molar-refractivity contribution is -0.141. The SMILES string of the molecule is COC1C[C@@H](C(=O)O)CN1C. The van der Waals surface area contributed by atoms with Gasteiger partial charge >= 0.3 is 5.97 Å². The Balaban J connectivity index is 2.49. The molecule has 1 aliphatic heterocycles. The van der Waals surface area contributed by atoms with Gasteiger partial charge in [0.1, 0.15) is 6.23 Å². The zero-order valence-corrected chi connectivity index (χ0v) is 6.78. The van der Waals surface area contributed by atoms with Gasteiger partial charge in [-0.05, 0) is 7.05 Å². The van der Waals surface area contributed by atoms with Crippen molar-refractivity contribution in [2.75, 3.05) is 20.7 Å². The van der Waals surface area contributed by atoms with Crippen LogP contribution in [0.15, 0.2) is 0 Å². The summed E-state index contributed by atoms with van der Waals surface area (Å²) in [6.45, 7) is 0.591. The van der Waals surface area contributed by atoms with Crippen molar-refractivity contribution in [3.8, 4) is 0 Å². The van der Waals surface area contributed by atoms with E-state index in [1.165, 1.54) is 0 Å². The third-order valence-electron chi connectivity index (χ3n) is 2.11. The molecule has 11 heavy (non-hydrogen) atoms. The summed E-state index contributed by atoms with van der Waals surface area (Å²) in [4.78, 5) is 12.4. The smallest absolute Gasteiger partial charge is 0.307 e. The van der Waals surface area contributed by atoms with Crippen LogP contribution in [0.2, 0.25) is 0 Å². The van der Waals surface area contributed by atoms with Crippen LogP contribution in [0.25, 0.3) is 0 Å². The molecule has 4 heteroatoms. The zero-order chi connectivity index (χ0) is 8.43. The number of carbonyl (C=O) groups is 1. The maximum atomic E-state index is 10.5. The van der Waals surface area contributed by atoms with Crippen LogP contribution < -0.4 is 0 Å². The number of rotatable bonds is 2. The monoisotopic (exact) mass is 159 g/mol. The van der Waals surface area contributed by atoms with Crippen LogP contribution >= 0.6 is 0 Å². The lowest BCUT2D eigenvalue weighted by atomic mass is 10.1. The molecular formula is C7H13NO3. The average molecular weight is 159 g/mol. The molecule has 1 unspecified atom stereocenters. The van der Waals surface area contributed by atoms with Crippen molar-refractivity contribution in [3.05, 3.63) is 0 Å². The Hall–Kier alpha value is -0.610. The summed E-state index contributed by atoms with van der Waals surface area (Å²) < 4.78 is 5.07. The molecule has 1 rings (SSSR count). The standard InChI is InChI=1S/C7H13NO3/c1-8-4-5(7(9)10)3-6(8)11-2/h5-6H,3-4H2,1-2H3,(H,9,10)/t5-,6?/m1/s1. The minimum atomic E-state index is -0.726. The van der Waals surface area contributed by atoms with Crippen molar-refractivity contribution in [2.45, 2.75) is 12.6 Å². The van der Waals surface area contributed by atoms with Gasteiger partial charge < -0.3 is 9.84 Å². The van der Waals surface area contributed by atoms with Gasteiger partial charge in [-0.15, -0.1) is 0 Å². The number of aliphatic carboxylic acids is 1. The maximum Gasteiger partial charge on any atom is 0.307 e. The number of ether oxygens (including phenoxy) is 1. The molecule has 1 saturated heterocycles. The van der Waals surface area contributed by atoms with Crippen LogP contribution in [-0.4, -0.2) is 42.9 Å². The molecule has 0 amide bonds. The van der Waals surface area contributed by atoms with Gasteiger partial charge in [-0.25, -0.2) is 0 Å². The van der Waals surface area contributed by atoms with Crippen molar-refractivity contribution < 1.29 is 14.6 Å². The van der Waals surface area contributed by atoms with Crippen LogP contribution in [0.1, 0.15) is 6.42 Å². The van der Waals surface area contributed by atoms with Gasteiger partial charge in [-0.2, -0.15) is 0 Å². The molecule has 0 aliphatic carbocycles. The minimum Gasteiger partial charge on any atom is -0.481 e. The molecule has 1 aliphatic rings. The molecule has 64 valence electrons. The Morgan fingerprint density at radius 3 is 2.64 bits per heavy atom. The fourth-order valence-electron chi connectivity index (χ4n) is 1.42. The molecule has 1 N–H and O–H groups in total. The van der Waals surface area contributed by atoms with Gasteiger partial charge in [0.2, 0.25) is 0 Å². The lowest BCUT2D eigenvalue weighted by Gasteiger charge is -2.16. The number of hydrogen-bond acceptors (Lipinski definition) is 3. The van der Waals surface area contributed by atoms with Crippen molar-refractivity contribution in [3.63, 3.8) is 0 Å². The maximum absolute atomic E-state index is 10.5. The number of carboxylic acid groups (broad SMARTS) is 1. The van der Waals surface area contributed by atoms with E-state index < -0.39 is 5.97 Å². The highest BCUT2D eigenvalue weighted by atomic mass is 16.5. The highest BCUT2D eigenvalue weighted by Gasteiger charge is 2.33. The van der Waals surface area contributed by atoms with Gasteiger partial charge in [-0.1, -0.05) is 0 Å². The summed E-state index contributed by atoms with van der Waals surface area (Å²) in [5, 5.41) is 8.66. The third-order valence-corrected chi connectivity index (χ3v) is 2.11. The van der Waals surface area contributed by atoms with Gasteiger partial charge in [0.15, 0.2) is 0 Å². The second-order valence-electron chi connectivity index (χ2n) is 2.90. The molecule has 2 atom stereocenters. The largest absolute Gasteiger partial charge is 0.481 e. The summed E-state index contributed by atoms with van der Waals surface area (Å²) in [5.74, 6) is -0.985. The van der Waals surface area contributed by atoms with Gasteiger partial charge in [0.05, 0.1) is 5.92 Å². The molecule has 0 spiro atoms. The first kappa shape index (κ1) is 8.49. The first-order chi connectivity index (χ1) is 5.15. The average Bonchev–Trinajstić information content (AvgIpc) is 2.31. The van der Waals surface area contributed by atoms with E-state index in [2.05, 4.69) is 0 Å². The van der Waals surface area contributed by atoms with Crippen molar-refractivity contribution >= 4 is 5.97 Å². The van der Waals surface area contributed by atoms with E-state index in [1.807, 2.05) is 11.9 Å². The first-order valence-corrected chi connectivity index (χ1v) is 3.61. The summed E-state index contributed by atoms with van der Waals surface area (Å²) >= 11 is 0. The van der Waals surface area contributed by atoms with Gasteiger partial charge in [0.25, 0.3) is 0 Å². The third kappa shape index (κ3) is 1.70. The van der Waals surface area contributed by atoms with Gasteiger partial charge in [0, 0.05) is 20.1 Å². The highest BCUT2D eigenvalue weighted by molar-refractivity contribution is 5.70. The van der Waals surface area contributed by atoms with Crippen LogP contribution in [-0.2, 0) is 9.53 Å². The molecule has 0 aromatic heterocycles. The molecule has 4 nitrogen and oxygen atoms in total. The Labute approximate surface area is 65.8 Å². The van der Waals surface area contributed by atoms with E-state index in [9.17, 15) is 4.79 Å². The molecular weight excluding hydrogens is 146 g/mol. The van der Waals surface area contributed by atoms with Crippen molar-refractivity contribution in [1.29, 1.82) is 0 Å². The predicted octanol–water partition coefficient (Wildman–Crippen LogP) is -0.00480. The zero-order valence-electron chi connectivity index (χ0n) is 6.78. The molecule has 1 heterocycles. The molecule has 0 radical (unpaired) electrons. The molecule has 0 aromatic carbocycles. The van der Waals surface area contributed by atoms with E-state index in [1.54, 1.807) is 7.11 Å². The second-order valence-corrected chi connectivity index (χ2v) is 2.90. The number of likely N-dealkylation sites (tertiary alicyclic amines) is 1. The lowest BCUT2D eigenvalue weighted by Crippen LogP contribution is -2.26. The number of carboxylic acids is 1. The fourth-order valence-corrected chi connectivity index (χ4v) is 1.42. The number of nitrogens with zero attached hydrogens (tertiary/aromatic N) is 1. The molecule has 0 bridgehead atoms. The summed E-state index contributed by atoms with van der Waals surface area (Å²) in [6, 6.07) is 0. The summed E-state index contributed by atoms with van der Waals surface area (Å²) in [7, 11) is 3.47. The summed E-state index contributed by atoms with van der Waals surface area (Å²) in [5.41, 5.74) is 0. The second kappa shape index (κ2) is 3.19. The first-order valence-electron chi connectivity index (χ1n) is 3.61. The van der Waals surface area contributed by atoms with Crippen LogP contribution in [0.4, 0.5) is 0 Å². The van der Waals surface area contributed by atoms with E-state index in [4.69, 9.17) is 9.84 Å². The topological polar surface area (TPSA) is 49.8 Å². The van der Waals surface area contributed by atoms with E-state index >= 15 is 0 Å². The van der Waals surface area contributed by atoms with Crippen molar-refractivity contribution in [2.24, 2.45) is 5.92 Å². The molecule has 0 aromatic rings. The van der Waals surface area contributed by atoms with Crippen molar-refractivity contribution in [1.82, 2.24) is 4.90 Å². The normalized spacial score (nSPS) is 32.5.